The normalized spacial score (nSPS) is 12.5. The summed E-state index contributed by atoms with van der Waals surface area (Å²) in [5.74, 6) is 0.893. The number of rotatable bonds is 5. The third-order valence-electron chi connectivity index (χ3n) is 4.71. The predicted octanol–water partition coefficient (Wildman–Crippen LogP) is 2.94. The zero-order chi connectivity index (χ0) is 21.1. The summed E-state index contributed by atoms with van der Waals surface area (Å²) in [7, 11) is 0. The fraction of sp³-hybridized carbons (Fsp3) is 0.227. The summed E-state index contributed by atoms with van der Waals surface area (Å²) < 4.78 is 12.6. The molecule has 1 N–H and O–H groups in total. The Morgan fingerprint density at radius 1 is 1.13 bits per heavy atom. The Bertz CT molecular complexity index is 1160. The number of ether oxygens (including phenoxy) is 2. The summed E-state index contributed by atoms with van der Waals surface area (Å²) in [5.41, 5.74) is 1.56. The third-order valence-corrected chi connectivity index (χ3v) is 5.03. The lowest BCUT2D eigenvalue weighted by molar-refractivity contribution is 0.0946. The number of aromatic nitrogens is 2. The number of hydrogen-bond donors (Lipinski definition) is 1. The van der Waals surface area contributed by atoms with Crippen molar-refractivity contribution in [3.8, 4) is 17.2 Å². The first kappa shape index (κ1) is 20.0. The van der Waals surface area contributed by atoms with E-state index in [9.17, 15) is 9.59 Å². The molecule has 3 aromatic rings. The minimum atomic E-state index is -0.529. The molecule has 0 saturated carbocycles. The molecular weight excluding hydrogens is 406 g/mol. The number of carbonyl (C=O) groups is 1. The fourth-order valence-corrected chi connectivity index (χ4v) is 3.44. The van der Waals surface area contributed by atoms with E-state index >= 15 is 0 Å². The van der Waals surface area contributed by atoms with Crippen molar-refractivity contribution >= 4 is 17.5 Å². The van der Waals surface area contributed by atoms with Gasteiger partial charge in [-0.1, -0.05) is 29.8 Å². The second kappa shape index (κ2) is 8.59. The molecule has 0 radical (unpaired) electrons. The molecule has 154 valence electrons. The average molecular weight is 426 g/mol. The zero-order valence-electron chi connectivity index (χ0n) is 16.4. The Hall–Kier alpha value is -3.32. The van der Waals surface area contributed by atoms with E-state index in [0.717, 1.165) is 11.3 Å². The number of halogens is 1. The van der Waals surface area contributed by atoms with Gasteiger partial charge >= 0.3 is 0 Å². The van der Waals surface area contributed by atoms with Crippen LogP contribution < -0.4 is 20.2 Å². The number of fused-ring (bicyclic) bond motifs is 1. The van der Waals surface area contributed by atoms with Crippen molar-refractivity contribution in [2.45, 2.75) is 13.3 Å². The van der Waals surface area contributed by atoms with Crippen molar-refractivity contribution in [3.05, 3.63) is 80.7 Å². The molecule has 8 heteroatoms. The predicted molar refractivity (Wildman–Crippen MR) is 113 cm³/mol. The lowest BCUT2D eigenvalue weighted by Gasteiger charge is -2.18. The number of nitrogens with one attached hydrogen (secondary N) is 1. The summed E-state index contributed by atoms with van der Waals surface area (Å²) in [6, 6.07) is 14.2. The first-order valence-electron chi connectivity index (χ1n) is 9.55. The maximum absolute atomic E-state index is 12.6. The van der Waals surface area contributed by atoms with Crippen LogP contribution in [0.25, 0.3) is 5.69 Å². The van der Waals surface area contributed by atoms with E-state index in [0.29, 0.717) is 48.3 Å². The van der Waals surface area contributed by atoms with Gasteiger partial charge in [0, 0.05) is 18.3 Å². The Kier molecular flexibility index (Phi) is 5.72. The topological polar surface area (TPSA) is 82.5 Å². The maximum Gasteiger partial charge on any atom is 0.275 e. The van der Waals surface area contributed by atoms with Crippen LogP contribution in [0.1, 0.15) is 21.7 Å². The van der Waals surface area contributed by atoms with E-state index in [1.807, 2.05) is 24.3 Å². The van der Waals surface area contributed by atoms with E-state index in [1.165, 1.54) is 10.7 Å². The highest BCUT2D eigenvalue weighted by molar-refractivity contribution is 6.32. The number of nitrogens with zero attached hydrogens (tertiary/aromatic N) is 2. The number of amides is 1. The number of aryl methyl sites for hydroxylation is 1. The molecule has 2 heterocycles. The lowest BCUT2D eigenvalue weighted by atomic mass is 10.1. The molecule has 0 aliphatic carbocycles. The van der Waals surface area contributed by atoms with Gasteiger partial charge in [0.05, 0.1) is 10.7 Å². The Morgan fingerprint density at radius 2 is 1.90 bits per heavy atom. The first-order valence-corrected chi connectivity index (χ1v) is 9.93. The van der Waals surface area contributed by atoms with Crippen LogP contribution in [0.4, 0.5) is 0 Å². The van der Waals surface area contributed by atoms with E-state index in [-0.39, 0.29) is 5.69 Å². The molecule has 1 aromatic heterocycles. The lowest BCUT2D eigenvalue weighted by Crippen LogP contribution is -2.33. The Morgan fingerprint density at radius 3 is 2.70 bits per heavy atom. The van der Waals surface area contributed by atoms with E-state index in [4.69, 9.17) is 21.1 Å². The standard InChI is InChI=1S/C22H20ClN3O4/c1-14-12-18(27)21(25-26(14)17-5-3-2-4-16(17)23)22(28)24-9-8-15-6-7-19-20(13-15)30-11-10-29-19/h2-7,12-13H,8-11H2,1H3,(H,24,28). The number of benzene rings is 2. The molecule has 7 nitrogen and oxygen atoms in total. The molecule has 0 atom stereocenters. The summed E-state index contributed by atoms with van der Waals surface area (Å²) in [5, 5.41) is 7.49. The summed E-state index contributed by atoms with van der Waals surface area (Å²) in [6.07, 6.45) is 0.576. The smallest absolute Gasteiger partial charge is 0.275 e. The molecule has 0 saturated heterocycles. The number of para-hydroxylation sites is 1. The van der Waals surface area contributed by atoms with Gasteiger partial charge in [-0.2, -0.15) is 5.10 Å². The van der Waals surface area contributed by atoms with Crippen molar-refractivity contribution in [2.75, 3.05) is 19.8 Å². The minimum Gasteiger partial charge on any atom is -0.486 e. The fourth-order valence-electron chi connectivity index (χ4n) is 3.22. The van der Waals surface area contributed by atoms with Gasteiger partial charge < -0.3 is 14.8 Å². The second-order valence-electron chi connectivity index (χ2n) is 6.85. The van der Waals surface area contributed by atoms with Crippen molar-refractivity contribution in [2.24, 2.45) is 0 Å². The van der Waals surface area contributed by atoms with Crippen molar-refractivity contribution < 1.29 is 14.3 Å². The largest absolute Gasteiger partial charge is 0.486 e. The van der Waals surface area contributed by atoms with E-state index < -0.39 is 11.3 Å². The Labute approximate surface area is 178 Å². The van der Waals surface area contributed by atoms with Gasteiger partial charge in [0.15, 0.2) is 17.2 Å². The molecule has 1 aliphatic rings. The van der Waals surface area contributed by atoms with E-state index in [1.54, 1.807) is 25.1 Å². The quantitative estimate of drug-likeness (QED) is 0.679. The van der Waals surface area contributed by atoms with Gasteiger partial charge in [-0.05, 0) is 43.2 Å². The molecule has 0 fully saturated rings. The van der Waals surface area contributed by atoms with Crippen molar-refractivity contribution in [3.63, 3.8) is 0 Å². The van der Waals surface area contributed by atoms with Gasteiger partial charge in [0.1, 0.15) is 13.2 Å². The maximum atomic E-state index is 12.6. The molecule has 0 bridgehead atoms. The van der Waals surface area contributed by atoms with Gasteiger partial charge in [-0.3, -0.25) is 9.59 Å². The molecule has 0 unspecified atom stereocenters. The van der Waals surface area contributed by atoms with Crippen LogP contribution in [0, 0.1) is 6.92 Å². The van der Waals surface area contributed by atoms with Crippen molar-refractivity contribution in [1.82, 2.24) is 15.1 Å². The Balaban J connectivity index is 1.48. The molecule has 30 heavy (non-hydrogen) atoms. The summed E-state index contributed by atoms with van der Waals surface area (Å²) in [6.45, 7) is 3.14. The van der Waals surface area contributed by atoms with Crippen LogP contribution in [-0.4, -0.2) is 35.4 Å². The van der Waals surface area contributed by atoms with Crippen LogP contribution in [0.3, 0.4) is 0 Å². The van der Waals surface area contributed by atoms with Gasteiger partial charge in [-0.25, -0.2) is 4.68 Å². The molecule has 4 rings (SSSR count). The molecule has 1 amide bonds. The van der Waals surface area contributed by atoms with Crippen LogP contribution in [0.15, 0.2) is 53.3 Å². The van der Waals surface area contributed by atoms with Gasteiger partial charge in [0.2, 0.25) is 5.43 Å². The minimum absolute atomic E-state index is 0.178. The SMILES string of the molecule is Cc1cc(=O)c(C(=O)NCCc2ccc3c(c2)OCCO3)nn1-c1ccccc1Cl. The van der Waals surface area contributed by atoms with Crippen LogP contribution in [0.5, 0.6) is 11.5 Å². The highest BCUT2D eigenvalue weighted by Gasteiger charge is 2.16. The summed E-state index contributed by atoms with van der Waals surface area (Å²) >= 11 is 6.25. The highest BCUT2D eigenvalue weighted by atomic mass is 35.5. The van der Waals surface area contributed by atoms with Crippen LogP contribution in [0.2, 0.25) is 5.02 Å². The highest BCUT2D eigenvalue weighted by Crippen LogP contribution is 2.30. The summed E-state index contributed by atoms with van der Waals surface area (Å²) in [4.78, 5) is 24.9. The van der Waals surface area contributed by atoms with Gasteiger partial charge in [0.25, 0.3) is 5.91 Å². The first-order chi connectivity index (χ1) is 14.5. The van der Waals surface area contributed by atoms with Crippen LogP contribution in [-0.2, 0) is 6.42 Å². The monoisotopic (exact) mass is 425 g/mol. The zero-order valence-corrected chi connectivity index (χ0v) is 17.1. The number of hydrogen-bond acceptors (Lipinski definition) is 5. The second-order valence-corrected chi connectivity index (χ2v) is 7.25. The number of carbonyl (C=O) groups excluding carboxylic acids is 1. The van der Waals surface area contributed by atoms with Crippen LogP contribution >= 0.6 is 11.6 Å². The molecule has 2 aromatic carbocycles. The van der Waals surface area contributed by atoms with Gasteiger partial charge in [-0.15, -0.1) is 0 Å². The van der Waals surface area contributed by atoms with Crippen molar-refractivity contribution in [1.29, 1.82) is 0 Å². The average Bonchev–Trinajstić information content (AvgIpc) is 2.74. The third kappa shape index (κ3) is 4.16. The molecule has 1 aliphatic heterocycles. The molecule has 0 spiro atoms. The van der Waals surface area contributed by atoms with E-state index in [2.05, 4.69) is 10.4 Å². The molecular formula is C22H20ClN3O4.